The first kappa shape index (κ1) is 25.5. The molecule has 0 saturated heterocycles. The number of ether oxygens (including phenoxy) is 1. The Hall–Kier alpha value is -4.13. The van der Waals surface area contributed by atoms with Crippen LogP contribution in [0.4, 0.5) is 10.1 Å². The monoisotopic (exact) mass is 513 g/mol. The van der Waals surface area contributed by atoms with Crippen molar-refractivity contribution in [2.45, 2.75) is 50.6 Å². The Balaban J connectivity index is 1.57. The number of aromatic nitrogens is 1. The Morgan fingerprint density at radius 3 is 2.55 bits per heavy atom. The molecule has 1 aliphatic rings. The fourth-order valence-corrected chi connectivity index (χ4v) is 5.32. The molecular weight excluding hydrogens is 481 g/mol. The smallest absolute Gasteiger partial charge is 0.248 e. The van der Waals surface area contributed by atoms with Gasteiger partial charge in [0.15, 0.2) is 0 Å². The molecule has 1 saturated carbocycles. The summed E-state index contributed by atoms with van der Waals surface area (Å²) in [6, 6.07) is 19.8. The number of nitrogens with zero attached hydrogens (tertiary/aromatic N) is 1. The number of halogens is 1. The first-order valence-corrected chi connectivity index (χ1v) is 13.1. The van der Waals surface area contributed by atoms with Crippen LogP contribution >= 0.6 is 0 Å². The molecule has 2 N–H and O–H groups in total. The number of H-pyrrole nitrogens is 1. The van der Waals surface area contributed by atoms with Crippen LogP contribution in [-0.4, -0.2) is 29.9 Å². The predicted octanol–water partition coefficient (Wildman–Crippen LogP) is 6.08. The number of anilines is 1. The van der Waals surface area contributed by atoms with Gasteiger partial charge in [-0.15, -0.1) is 0 Å². The van der Waals surface area contributed by atoms with E-state index in [1.54, 1.807) is 31.4 Å². The molecule has 3 aromatic carbocycles. The number of carbonyl (C=O) groups excluding carboxylic acids is 2. The van der Waals surface area contributed by atoms with E-state index in [0.717, 1.165) is 48.6 Å². The van der Waals surface area contributed by atoms with Crippen molar-refractivity contribution >= 4 is 28.4 Å². The number of carbonyl (C=O) groups is 2. The van der Waals surface area contributed by atoms with Crippen LogP contribution in [0.25, 0.3) is 10.9 Å². The van der Waals surface area contributed by atoms with Crippen LogP contribution in [0.3, 0.4) is 0 Å². The van der Waals surface area contributed by atoms with Crippen LogP contribution in [0.2, 0.25) is 0 Å². The summed E-state index contributed by atoms with van der Waals surface area (Å²) in [7, 11) is 1.57. The van der Waals surface area contributed by atoms with Gasteiger partial charge in [0.2, 0.25) is 11.8 Å². The Labute approximate surface area is 221 Å². The lowest BCUT2D eigenvalue weighted by molar-refractivity contribution is -0.127. The molecule has 1 unspecified atom stereocenters. The van der Waals surface area contributed by atoms with Gasteiger partial charge in [0, 0.05) is 28.8 Å². The zero-order valence-corrected chi connectivity index (χ0v) is 21.5. The van der Waals surface area contributed by atoms with E-state index in [1.807, 2.05) is 42.6 Å². The van der Waals surface area contributed by atoms with E-state index >= 15 is 0 Å². The summed E-state index contributed by atoms with van der Waals surface area (Å²) < 4.78 is 19.4. The largest absolute Gasteiger partial charge is 0.497 e. The number of benzene rings is 3. The van der Waals surface area contributed by atoms with Crippen molar-refractivity contribution in [1.29, 1.82) is 0 Å². The van der Waals surface area contributed by atoms with E-state index in [9.17, 15) is 14.0 Å². The van der Waals surface area contributed by atoms with E-state index in [0.29, 0.717) is 17.0 Å². The highest BCUT2D eigenvalue weighted by Crippen LogP contribution is 2.32. The second-order valence-corrected chi connectivity index (χ2v) is 9.80. The first-order chi connectivity index (χ1) is 18.5. The molecule has 196 valence electrons. The topological polar surface area (TPSA) is 74.4 Å². The van der Waals surface area contributed by atoms with Gasteiger partial charge in [0.1, 0.15) is 17.6 Å². The zero-order valence-electron chi connectivity index (χ0n) is 21.5. The third-order valence-electron chi connectivity index (χ3n) is 7.26. The molecule has 38 heavy (non-hydrogen) atoms. The number of hydrogen-bond acceptors (Lipinski definition) is 3. The lowest BCUT2D eigenvalue weighted by atomic mass is 9.94. The standard InChI is InChI=1S/C31H32FN3O3/c1-38-26-11-7-8-21(18-26)30(31(37)34-24-9-3-2-4-10-24)35(25-16-14-23(32)15-17-25)29(36)19-22-20-33-28-13-6-5-12-27(22)28/h5-8,11-18,20,24,30,33H,2-4,9-10,19H2,1H3,(H,34,37). The molecular formula is C31H32FN3O3. The lowest BCUT2D eigenvalue weighted by Crippen LogP contribution is -2.47. The molecule has 6 nitrogen and oxygen atoms in total. The molecule has 0 spiro atoms. The minimum Gasteiger partial charge on any atom is -0.497 e. The number of amides is 2. The van der Waals surface area contributed by atoms with Crippen LogP contribution in [0.15, 0.2) is 79.0 Å². The van der Waals surface area contributed by atoms with E-state index in [2.05, 4.69) is 10.3 Å². The summed E-state index contributed by atoms with van der Waals surface area (Å²) >= 11 is 0. The second kappa shape index (κ2) is 11.5. The van der Waals surface area contributed by atoms with Crippen molar-refractivity contribution in [3.63, 3.8) is 0 Å². The summed E-state index contributed by atoms with van der Waals surface area (Å²) in [4.78, 5) is 32.8. The Morgan fingerprint density at radius 1 is 1.03 bits per heavy atom. The fraction of sp³-hybridized carbons (Fsp3) is 0.290. The van der Waals surface area contributed by atoms with Crippen molar-refractivity contribution in [3.8, 4) is 5.75 Å². The predicted molar refractivity (Wildman–Crippen MR) is 147 cm³/mol. The van der Waals surface area contributed by atoms with Crippen molar-refractivity contribution in [2.24, 2.45) is 0 Å². The third-order valence-corrected chi connectivity index (χ3v) is 7.26. The molecule has 1 aliphatic carbocycles. The third kappa shape index (κ3) is 5.57. The van der Waals surface area contributed by atoms with Crippen molar-refractivity contribution in [2.75, 3.05) is 12.0 Å². The van der Waals surface area contributed by atoms with Crippen LogP contribution in [0.1, 0.15) is 49.3 Å². The van der Waals surface area contributed by atoms with E-state index in [4.69, 9.17) is 4.74 Å². The average molecular weight is 514 g/mol. The molecule has 7 heteroatoms. The number of fused-ring (bicyclic) bond motifs is 1. The molecule has 1 fully saturated rings. The number of methoxy groups -OCH3 is 1. The van der Waals surface area contributed by atoms with Gasteiger partial charge < -0.3 is 15.0 Å². The van der Waals surface area contributed by atoms with Gasteiger partial charge >= 0.3 is 0 Å². The minimum absolute atomic E-state index is 0.0585. The summed E-state index contributed by atoms with van der Waals surface area (Å²) in [5.41, 5.74) is 2.83. The quantitative estimate of drug-likeness (QED) is 0.300. The Kier molecular flexibility index (Phi) is 7.73. The van der Waals surface area contributed by atoms with Crippen LogP contribution < -0.4 is 15.0 Å². The van der Waals surface area contributed by atoms with Crippen LogP contribution in [0, 0.1) is 5.82 Å². The van der Waals surface area contributed by atoms with Gasteiger partial charge in [-0.25, -0.2) is 4.39 Å². The number of rotatable bonds is 8. The number of nitrogens with one attached hydrogen (secondary N) is 2. The first-order valence-electron chi connectivity index (χ1n) is 13.1. The fourth-order valence-electron chi connectivity index (χ4n) is 5.32. The summed E-state index contributed by atoms with van der Waals surface area (Å²) in [5.74, 6) is -0.363. The molecule has 0 bridgehead atoms. The van der Waals surface area contributed by atoms with Gasteiger partial charge in [-0.2, -0.15) is 0 Å². The molecule has 1 atom stereocenters. The molecule has 5 rings (SSSR count). The maximum absolute atomic E-state index is 14.1. The lowest BCUT2D eigenvalue weighted by Gasteiger charge is -2.33. The maximum atomic E-state index is 14.1. The molecule has 1 aromatic heterocycles. The summed E-state index contributed by atoms with van der Waals surface area (Å²) in [6.45, 7) is 0. The van der Waals surface area contributed by atoms with E-state index in [1.165, 1.54) is 17.0 Å². The van der Waals surface area contributed by atoms with Gasteiger partial charge in [-0.05, 0) is 66.4 Å². The average Bonchev–Trinajstić information content (AvgIpc) is 3.35. The van der Waals surface area contributed by atoms with Crippen molar-refractivity contribution < 1.29 is 18.7 Å². The van der Waals surface area contributed by atoms with Gasteiger partial charge in [0.05, 0.1) is 13.5 Å². The number of aromatic amines is 1. The SMILES string of the molecule is COc1cccc(C(C(=O)NC2CCCCC2)N(C(=O)Cc2c[nH]c3ccccc23)c2ccc(F)cc2)c1. The van der Waals surface area contributed by atoms with E-state index < -0.39 is 11.9 Å². The molecule has 2 amide bonds. The van der Waals surface area contributed by atoms with Crippen LogP contribution in [-0.2, 0) is 16.0 Å². The highest BCUT2D eigenvalue weighted by atomic mass is 19.1. The maximum Gasteiger partial charge on any atom is 0.248 e. The number of hydrogen-bond donors (Lipinski definition) is 2. The van der Waals surface area contributed by atoms with Crippen molar-refractivity contribution in [3.05, 3.63) is 95.9 Å². The Morgan fingerprint density at radius 2 is 1.79 bits per heavy atom. The highest BCUT2D eigenvalue weighted by molar-refractivity contribution is 6.03. The minimum atomic E-state index is -0.963. The van der Waals surface area contributed by atoms with E-state index in [-0.39, 0.29) is 24.3 Å². The van der Waals surface area contributed by atoms with Crippen LogP contribution in [0.5, 0.6) is 5.75 Å². The molecule has 0 aliphatic heterocycles. The highest BCUT2D eigenvalue weighted by Gasteiger charge is 2.34. The van der Waals surface area contributed by atoms with Gasteiger partial charge in [-0.3, -0.25) is 14.5 Å². The summed E-state index contributed by atoms with van der Waals surface area (Å²) in [5, 5.41) is 4.15. The Bertz CT molecular complexity index is 1410. The normalized spacial score (nSPS) is 14.7. The van der Waals surface area contributed by atoms with Gasteiger partial charge in [-0.1, -0.05) is 49.6 Å². The summed E-state index contributed by atoms with van der Waals surface area (Å²) in [6.07, 6.45) is 7.02. The number of para-hydroxylation sites is 1. The second-order valence-electron chi connectivity index (χ2n) is 9.80. The zero-order chi connectivity index (χ0) is 26.5. The molecule has 1 heterocycles. The van der Waals surface area contributed by atoms with Crippen molar-refractivity contribution in [1.82, 2.24) is 10.3 Å². The molecule has 4 aromatic rings. The molecule has 0 radical (unpaired) electrons. The van der Waals surface area contributed by atoms with Gasteiger partial charge in [0.25, 0.3) is 0 Å².